The van der Waals surface area contributed by atoms with Gasteiger partial charge < -0.3 is 5.11 Å². The number of allylic oxidation sites excluding steroid dienone is 1. The minimum Gasteiger partial charge on any atom is -0.508 e. The zero-order chi connectivity index (χ0) is 21.0. The summed E-state index contributed by atoms with van der Waals surface area (Å²) in [5, 5.41) is 9.44. The van der Waals surface area contributed by atoms with Crippen LogP contribution in [0.3, 0.4) is 0 Å². The van der Waals surface area contributed by atoms with Crippen LogP contribution in [0.25, 0.3) is 6.08 Å². The quantitative estimate of drug-likeness (QED) is 0.396. The molecule has 3 aromatic carbocycles. The predicted molar refractivity (Wildman–Crippen MR) is 114 cm³/mol. The van der Waals surface area contributed by atoms with Gasteiger partial charge in [0.2, 0.25) is 5.78 Å². The summed E-state index contributed by atoms with van der Waals surface area (Å²) < 4.78 is 40.1. The number of hydrogen-bond donors (Lipinski definition) is 1. The third-order valence-electron chi connectivity index (χ3n) is 4.13. The Morgan fingerprint density at radius 2 is 1.52 bits per heavy atom. The smallest absolute Gasteiger partial charge is 0.204 e. The molecule has 0 bridgehead atoms. The standard InChI is InChI=1S/C22H16BrFO4S/c23-18-7-5-17(6-8-18)22(26)21(13-15-3-11-20(25)12-4-15)29(27,28)14-16-1-9-19(24)10-2-16/h1-13,25H,14H2/b21-13+. The minimum absolute atomic E-state index is 0.0251. The lowest BCUT2D eigenvalue weighted by Crippen LogP contribution is -2.16. The average Bonchev–Trinajstić information content (AvgIpc) is 2.69. The molecule has 0 aliphatic carbocycles. The molecule has 0 saturated heterocycles. The van der Waals surface area contributed by atoms with E-state index in [1.807, 2.05) is 0 Å². The fraction of sp³-hybridized carbons (Fsp3) is 0.0455. The largest absolute Gasteiger partial charge is 0.508 e. The van der Waals surface area contributed by atoms with Crippen molar-refractivity contribution in [3.8, 4) is 5.75 Å². The van der Waals surface area contributed by atoms with Crippen LogP contribution in [0.5, 0.6) is 5.75 Å². The van der Waals surface area contributed by atoms with Crippen molar-refractivity contribution in [2.75, 3.05) is 0 Å². The molecule has 7 heteroatoms. The van der Waals surface area contributed by atoms with Gasteiger partial charge in [-0.15, -0.1) is 0 Å². The van der Waals surface area contributed by atoms with Crippen molar-refractivity contribution in [3.63, 3.8) is 0 Å². The number of hydrogen-bond acceptors (Lipinski definition) is 4. The Kier molecular flexibility index (Phi) is 6.30. The molecule has 3 aromatic rings. The van der Waals surface area contributed by atoms with Crippen LogP contribution in [0.2, 0.25) is 0 Å². The second-order valence-corrected chi connectivity index (χ2v) is 9.20. The molecule has 0 saturated carbocycles. The van der Waals surface area contributed by atoms with E-state index in [0.29, 0.717) is 11.1 Å². The highest BCUT2D eigenvalue weighted by atomic mass is 79.9. The van der Waals surface area contributed by atoms with E-state index in [4.69, 9.17) is 0 Å². The van der Waals surface area contributed by atoms with Gasteiger partial charge in [0, 0.05) is 10.0 Å². The average molecular weight is 475 g/mol. The monoisotopic (exact) mass is 474 g/mol. The van der Waals surface area contributed by atoms with Crippen molar-refractivity contribution >= 4 is 37.6 Å². The first kappa shape index (κ1) is 21.0. The van der Waals surface area contributed by atoms with E-state index >= 15 is 0 Å². The second-order valence-electron chi connectivity index (χ2n) is 6.32. The summed E-state index contributed by atoms with van der Waals surface area (Å²) in [4.78, 5) is 12.7. The van der Waals surface area contributed by atoms with Gasteiger partial charge >= 0.3 is 0 Å². The van der Waals surface area contributed by atoms with Gasteiger partial charge in [-0.25, -0.2) is 12.8 Å². The van der Waals surface area contributed by atoms with Crippen LogP contribution in [0, 0.1) is 5.82 Å². The Morgan fingerprint density at radius 1 is 0.931 bits per heavy atom. The Balaban J connectivity index is 2.05. The SMILES string of the molecule is O=C(/C(=C\c1ccc(O)cc1)S(=O)(=O)Cc1ccc(F)cc1)c1ccc(Br)cc1. The number of carbonyl (C=O) groups is 1. The van der Waals surface area contributed by atoms with Crippen LogP contribution in [0.4, 0.5) is 4.39 Å². The van der Waals surface area contributed by atoms with Crippen molar-refractivity contribution in [1.29, 1.82) is 0 Å². The first-order valence-electron chi connectivity index (χ1n) is 8.53. The van der Waals surface area contributed by atoms with Gasteiger partial charge in [-0.2, -0.15) is 0 Å². The van der Waals surface area contributed by atoms with E-state index in [1.54, 1.807) is 12.1 Å². The lowest BCUT2D eigenvalue weighted by molar-refractivity contribution is 0.104. The second kappa shape index (κ2) is 8.71. The van der Waals surface area contributed by atoms with Crippen molar-refractivity contribution in [2.45, 2.75) is 5.75 Å². The molecule has 0 aliphatic heterocycles. The van der Waals surface area contributed by atoms with Crippen LogP contribution in [0.15, 0.2) is 82.2 Å². The van der Waals surface area contributed by atoms with E-state index < -0.39 is 27.2 Å². The van der Waals surface area contributed by atoms with E-state index in [0.717, 1.165) is 4.47 Å². The normalized spacial score (nSPS) is 12.0. The van der Waals surface area contributed by atoms with E-state index in [1.165, 1.54) is 66.7 Å². The van der Waals surface area contributed by atoms with Crippen LogP contribution in [0.1, 0.15) is 21.5 Å². The molecule has 0 atom stereocenters. The number of carbonyl (C=O) groups excluding carboxylic acids is 1. The number of sulfone groups is 1. The van der Waals surface area contributed by atoms with Crippen molar-refractivity contribution in [3.05, 3.63) is 105 Å². The van der Waals surface area contributed by atoms with Gasteiger partial charge in [-0.1, -0.05) is 40.2 Å². The Bertz CT molecular complexity index is 1150. The topological polar surface area (TPSA) is 71.4 Å². The van der Waals surface area contributed by atoms with Crippen LogP contribution in [-0.4, -0.2) is 19.3 Å². The molecule has 0 radical (unpaired) electrons. The number of halogens is 2. The highest BCUT2D eigenvalue weighted by Gasteiger charge is 2.26. The first-order valence-corrected chi connectivity index (χ1v) is 11.0. The molecule has 0 heterocycles. The summed E-state index contributed by atoms with van der Waals surface area (Å²) in [6, 6.07) is 17.3. The molecule has 29 heavy (non-hydrogen) atoms. The lowest BCUT2D eigenvalue weighted by atomic mass is 10.1. The zero-order valence-electron chi connectivity index (χ0n) is 15.0. The van der Waals surface area contributed by atoms with Gasteiger partial charge in [0.25, 0.3) is 0 Å². The summed E-state index contributed by atoms with van der Waals surface area (Å²) in [5.41, 5.74) is 1.04. The maximum absolute atomic E-state index is 13.1. The molecule has 0 spiro atoms. The highest BCUT2D eigenvalue weighted by molar-refractivity contribution is 9.10. The molecule has 0 unspecified atom stereocenters. The fourth-order valence-electron chi connectivity index (χ4n) is 2.64. The summed E-state index contributed by atoms with van der Waals surface area (Å²) in [5.74, 6) is -1.54. The molecule has 0 aliphatic rings. The van der Waals surface area contributed by atoms with Gasteiger partial charge in [0.15, 0.2) is 9.84 Å². The van der Waals surface area contributed by atoms with Crippen LogP contribution < -0.4 is 0 Å². The number of aromatic hydroxyl groups is 1. The number of benzene rings is 3. The fourth-order valence-corrected chi connectivity index (χ4v) is 4.41. The zero-order valence-corrected chi connectivity index (χ0v) is 17.5. The Morgan fingerprint density at radius 3 is 2.10 bits per heavy atom. The summed E-state index contributed by atoms with van der Waals surface area (Å²) in [6.45, 7) is 0. The maximum Gasteiger partial charge on any atom is 0.204 e. The molecular formula is C22H16BrFO4S. The molecule has 3 rings (SSSR count). The molecule has 1 N–H and O–H groups in total. The van der Waals surface area contributed by atoms with Gasteiger partial charge in [0.05, 0.1) is 5.75 Å². The maximum atomic E-state index is 13.1. The van der Waals surface area contributed by atoms with Gasteiger partial charge in [0.1, 0.15) is 16.5 Å². The first-order chi connectivity index (χ1) is 13.7. The number of rotatable bonds is 6. The van der Waals surface area contributed by atoms with Gasteiger partial charge in [-0.3, -0.25) is 4.79 Å². The van der Waals surface area contributed by atoms with Crippen LogP contribution >= 0.6 is 15.9 Å². The third kappa shape index (κ3) is 5.40. The number of phenols is 1. The van der Waals surface area contributed by atoms with E-state index in [-0.39, 0.29) is 16.2 Å². The van der Waals surface area contributed by atoms with E-state index in [2.05, 4.69) is 15.9 Å². The number of ketones is 1. The summed E-state index contributed by atoms with van der Waals surface area (Å²) in [6.07, 6.45) is 1.28. The molecule has 0 fully saturated rings. The number of Topliss-reactive ketones (excluding diaryl/α,β-unsaturated/α-hetero) is 1. The Labute approximate surface area is 176 Å². The van der Waals surface area contributed by atoms with Crippen molar-refractivity contribution in [2.24, 2.45) is 0 Å². The lowest BCUT2D eigenvalue weighted by Gasteiger charge is -2.10. The highest BCUT2D eigenvalue weighted by Crippen LogP contribution is 2.24. The number of phenolic OH excluding ortho intramolecular Hbond substituents is 1. The van der Waals surface area contributed by atoms with Crippen LogP contribution in [-0.2, 0) is 15.6 Å². The van der Waals surface area contributed by atoms with Gasteiger partial charge in [-0.05, 0) is 65.7 Å². The summed E-state index contributed by atoms with van der Waals surface area (Å²) >= 11 is 3.28. The molecule has 148 valence electrons. The minimum atomic E-state index is -4.04. The third-order valence-corrected chi connectivity index (χ3v) is 6.34. The molecule has 0 amide bonds. The molecular weight excluding hydrogens is 459 g/mol. The van der Waals surface area contributed by atoms with Crippen molar-refractivity contribution in [1.82, 2.24) is 0 Å². The Hall–Kier alpha value is -2.77. The predicted octanol–water partition coefficient (Wildman–Crippen LogP) is 5.13. The van der Waals surface area contributed by atoms with E-state index in [9.17, 15) is 22.7 Å². The molecule has 4 nitrogen and oxygen atoms in total. The molecule has 0 aromatic heterocycles. The summed E-state index contributed by atoms with van der Waals surface area (Å²) in [7, 11) is -4.04. The van der Waals surface area contributed by atoms with Crippen molar-refractivity contribution < 1.29 is 22.7 Å².